The van der Waals surface area contributed by atoms with E-state index in [4.69, 9.17) is 4.74 Å². The molecular weight excluding hydrogens is 382 g/mol. The van der Waals surface area contributed by atoms with Crippen molar-refractivity contribution in [2.75, 3.05) is 35.3 Å². The Balaban J connectivity index is 1.47. The third-order valence-electron chi connectivity index (χ3n) is 5.57. The normalized spacial score (nSPS) is 16.7. The first-order valence-electron chi connectivity index (χ1n) is 10.3. The highest BCUT2D eigenvalue weighted by Crippen LogP contribution is 2.34. The van der Waals surface area contributed by atoms with E-state index in [9.17, 15) is 14.4 Å². The van der Waals surface area contributed by atoms with E-state index in [1.807, 2.05) is 0 Å². The second kappa shape index (κ2) is 8.57. The van der Waals surface area contributed by atoms with Crippen LogP contribution in [0, 0.1) is 0 Å². The van der Waals surface area contributed by atoms with Crippen molar-refractivity contribution in [3.8, 4) is 5.75 Å². The average molecular weight is 407 g/mol. The van der Waals surface area contributed by atoms with Crippen molar-refractivity contribution in [1.82, 2.24) is 0 Å². The topological polar surface area (TPSA) is 79.0 Å². The quantitative estimate of drug-likeness (QED) is 0.822. The number of rotatable bonds is 5. The predicted molar refractivity (Wildman–Crippen MR) is 115 cm³/mol. The fraction of sp³-hybridized carbons (Fsp3) is 0.348. The number of ether oxygens (including phenoxy) is 1. The minimum Gasteiger partial charge on any atom is -0.494 e. The summed E-state index contributed by atoms with van der Waals surface area (Å²) in [6, 6.07) is 12.3. The number of piperidine rings is 1. The van der Waals surface area contributed by atoms with Crippen LogP contribution in [0.3, 0.4) is 0 Å². The van der Waals surface area contributed by atoms with Crippen molar-refractivity contribution in [2.24, 2.45) is 0 Å². The maximum atomic E-state index is 12.7. The van der Waals surface area contributed by atoms with Crippen LogP contribution >= 0.6 is 0 Å². The Morgan fingerprint density at radius 2 is 1.60 bits per heavy atom. The van der Waals surface area contributed by atoms with E-state index in [2.05, 4.69) is 5.32 Å². The number of carbonyl (C=O) groups excluding carboxylic acids is 3. The van der Waals surface area contributed by atoms with Crippen molar-refractivity contribution in [3.05, 3.63) is 48.0 Å². The van der Waals surface area contributed by atoms with E-state index < -0.39 is 0 Å². The summed E-state index contributed by atoms with van der Waals surface area (Å²) in [6.07, 6.45) is 3.88. The van der Waals surface area contributed by atoms with Crippen molar-refractivity contribution in [1.29, 1.82) is 0 Å². The minimum atomic E-state index is -0.251. The lowest BCUT2D eigenvalue weighted by molar-refractivity contribution is -0.119. The van der Waals surface area contributed by atoms with Gasteiger partial charge in [-0.25, -0.2) is 0 Å². The number of nitrogens with one attached hydrogen (secondary N) is 1. The molecule has 0 bridgehead atoms. The van der Waals surface area contributed by atoms with Gasteiger partial charge in [0.25, 0.3) is 5.91 Å². The molecule has 2 aromatic carbocycles. The van der Waals surface area contributed by atoms with Crippen LogP contribution in [0.4, 0.5) is 17.1 Å². The Labute approximate surface area is 175 Å². The van der Waals surface area contributed by atoms with Crippen LogP contribution in [0.1, 0.15) is 42.5 Å². The zero-order valence-electron chi connectivity index (χ0n) is 17.0. The minimum absolute atomic E-state index is 0.0809. The molecule has 7 nitrogen and oxygen atoms in total. The molecule has 2 aliphatic heterocycles. The van der Waals surface area contributed by atoms with E-state index in [-0.39, 0.29) is 17.7 Å². The summed E-state index contributed by atoms with van der Waals surface area (Å²) < 4.78 is 5.44. The highest BCUT2D eigenvalue weighted by molar-refractivity contribution is 6.05. The molecule has 0 saturated carbocycles. The number of hydrogen-bond donors (Lipinski definition) is 1. The Morgan fingerprint density at radius 3 is 2.27 bits per heavy atom. The number of benzene rings is 2. The van der Waals surface area contributed by atoms with Gasteiger partial charge in [-0.2, -0.15) is 0 Å². The van der Waals surface area contributed by atoms with Crippen LogP contribution in [-0.4, -0.2) is 37.9 Å². The van der Waals surface area contributed by atoms with Crippen molar-refractivity contribution in [2.45, 2.75) is 32.1 Å². The molecule has 2 saturated heterocycles. The van der Waals surface area contributed by atoms with Gasteiger partial charge in [-0.15, -0.1) is 0 Å². The Hall–Kier alpha value is -3.35. The Bertz CT molecular complexity index is 971. The third kappa shape index (κ3) is 4.01. The van der Waals surface area contributed by atoms with Crippen molar-refractivity contribution >= 4 is 34.8 Å². The second-order valence-corrected chi connectivity index (χ2v) is 7.54. The average Bonchev–Trinajstić information content (AvgIpc) is 3.19. The molecule has 2 heterocycles. The zero-order valence-corrected chi connectivity index (χ0v) is 17.0. The molecule has 2 fully saturated rings. The molecule has 156 valence electrons. The molecule has 2 aliphatic rings. The van der Waals surface area contributed by atoms with Crippen LogP contribution in [-0.2, 0) is 9.59 Å². The summed E-state index contributed by atoms with van der Waals surface area (Å²) in [7, 11) is 1.55. The number of carbonyl (C=O) groups is 3. The third-order valence-corrected chi connectivity index (χ3v) is 5.57. The van der Waals surface area contributed by atoms with Crippen LogP contribution in [0.2, 0.25) is 0 Å². The SMILES string of the molecule is COc1cc(NC(=O)c2ccc(N3CCCCC3=O)cc2)ccc1N1CCCC1=O. The van der Waals surface area contributed by atoms with Gasteiger partial charge in [0.1, 0.15) is 5.75 Å². The Kier molecular flexibility index (Phi) is 5.70. The van der Waals surface area contributed by atoms with Gasteiger partial charge in [0.05, 0.1) is 12.8 Å². The van der Waals surface area contributed by atoms with Crippen LogP contribution in [0.15, 0.2) is 42.5 Å². The van der Waals surface area contributed by atoms with Gasteiger partial charge in [0, 0.05) is 48.9 Å². The maximum absolute atomic E-state index is 12.7. The summed E-state index contributed by atoms with van der Waals surface area (Å²) in [5, 5.41) is 2.87. The van der Waals surface area contributed by atoms with Crippen LogP contribution < -0.4 is 19.9 Å². The van der Waals surface area contributed by atoms with Gasteiger partial charge in [-0.05, 0) is 55.7 Å². The fourth-order valence-electron chi connectivity index (χ4n) is 3.96. The summed E-state index contributed by atoms with van der Waals surface area (Å²) in [5.41, 5.74) is 2.62. The van der Waals surface area contributed by atoms with E-state index >= 15 is 0 Å². The molecule has 0 radical (unpaired) electrons. The molecule has 0 spiro atoms. The molecule has 0 unspecified atom stereocenters. The Morgan fingerprint density at radius 1 is 0.900 bits per heavy atom. The molecule has 4 rings (SSSR count). The van der Waals surface area contributed by atoms with Crippen LogP contribution in [0.25, 0.3) is 0 Å². The first-order chi connectivity index (χ1) is 14.6. The molecule has 0 atom stereocenters. The van der Waals surface area contributed by atoms with Crippen molar-refractivity contribution < 1.29 is 19.1 Å². The lowest BCUT2D eigenvalue weighted by Crippen LogP contribution is -2.35. The monoisotopic (exact) mass is 407 g/mol. The zero-order chi connectivity index (χ0) is 21.1. The highest BCUT2D eigenvalue weighted by Gasteiger charge is 2.25. The van der Waals surface area contributed by atoms with E-state index in [0.717, 1.165) is 31.5 Å². The lowest BCUT2D eigenvalue weighted by atomic mass is 10.1. The van der Waals surface area contributed by atoms with Gasteiger partial charge in [0.2, 0.25) is 11.8 Å². The van der Waals surface area contributed by atoms with Gasteiger partial charge in [0.15, 0.2) is 0 Å². The number of nitrogens with zero attached hydrogens (tertiary/aromatic N) is 2. The van der Waals surface area contributed by atoms with E-state index in [1.54, 1.807) is 59.4 Å². The molecule has 0 aliphatic carbocycles. The molecule has 2 aromatic rings. The number of anilines is 3. The smallest absolute Gasteiger partial charge is 0.255 e. The highest BCUT2D eigenvalue weighted by atomic mass is 16.5. The first-order valence-corrected chi connectivity index (χ1v) is 10.3. The van der Waals surface area contributed by atoms with Crippen molar-refractivity contribution in [3.63, 3.8) is 0 Å². The number of hydrogen-bond acceptors (Lipinski definition) is 4. The molecule has 30 heavy (non-hydrogen) atoms. The summed E-state index contributed by atoms with van der Waals surface area (Å²) in [6.45, 7) is 1.39. The first kappa shape index (κ1) is 19.9. The molecule has 0 aromatic heterocycles. The van der Waals surface area contributed by atoms with E-state index in [0.29, 0.717) is 42.1 Å². The summed E-state index contributed by atoms with van der Waals surface area (Å²) in [4.78, 5) is 40.2. The van der Waals surface area contributed by atoms with Gasteiger partial charge < -0.3 is 19.9 Å². The second-order valence-electron chi connectivity index (χ2n) is 7.54. The molecule has 7 heteroatoms. The standard InChI is InChI=1S/C23H25N3O4/c1-30-20-15-17(9-12-19(20)26-14-4-6-22(26)28)24-23(29)16-7-10-18(11-8-16)25-13-3-2-5-21(25)27/h7-12,15H,2-6,13-14H2,1H3,(H,24,29). The van der Waals surface area contributed by atoms with Gasteiger partial charge >= 0.3 is 0 Å². The van der Waals surface area contributed by atoms with Gasteiger partial charge in [-0.3, -0.25) is 14.4 Å². The molecular formula is C23H25N3O4. The summed E-state index contributed by atoms with van der Waals surface area (Å²) >= 11 is 0. The number of methoxy groups -OCH3 is 1. The largest absolute Gasteiger partial charge is 0.494 e. The predicted octanol–water partition coefficient (Wildman–Crippen LogP) is 3.59. The maximum Gasteiger partial charge on any atom is 0.255 e. The fourth-order valence-corrected chi connectivity index (χ4v) is 3.96. The van der Waals surface area contributed by atoms with Gasteiger partial charge in [-0.1, -0.05) is 0 Å². The molecule has 1 N–H and O–H groups in total. The summed E-state index contributed by atoms with van der Waals surface area (Å²) in [5.74, 6) is 0.500. The van der Waals surface area contributed by atoms with Crippen LogP contribution in [0.5, 0.6) is 5.75 Å². The van der Waals surface area contributed by atoms with E-state index in [1.165, 1.54) is 0 Å². The molecule has 3 amide bonds. The lowest BCUT2D eigenvalue weighted by Gasteiger charge is -2.26. The number of amides is 3.